The molecule has 3 rings (SSSR count). The summed E-state index contributed by atoms with van der Waals surface area (Å²) in [5.74, 6) is 1.16. The Balaban J connectivity index is 1.89. The lowest BCUT2D eigenvalue weighted by Gasteiger charge is -2.32. The van der Waals surface area contributed by atoms with Crippen LogP contribution in [0.15, 0.2) is 24.5 Å². The first-order valence-corrected chi connectivity index (χ1v) is 7.13. The molecule has 0 saturated carbocycles. The molecule has 1 saturated heterocycles. The van der Waals surface area contributed by atoms with E-state index in [1.807, 2.05) is 6.20 Å². The maximum absolute atomic E-state index is 5.78. The first-order chi connectivity index (χ1) is 9.29. The molecule has 1 unspecified atom stereocenters. The Morgan fingerprint density at radius 3 is 3.11 bits per heavy atom. The summed E-state index contributed by atoms with van der Waals surface area (Å²) in [6.07, 6.45) is 9.03. The summed E-state index contributed by atoms with van der Waals surface area (Å²) < 4.78 is 2.20. The van der Waals surface area contributed by atoms with E-state index in [2.05, 4.69) is 39.7 Å². The predicted octanol–water partition coefficient (Wildman–Crippen LogP) is 1.82. The molecule has 0 radical (unpaired) electrons. The normalized spacial score (nSPS) is 21.1. The van der Waals surface area contributed by atoms with Gasteiger partial charge in [-0.2, -0.15) is 0 Å². The van der Waals surface area contributed by atoms with Crippen LogP contribution < -0.4 is 5.73 Å². The van der Waals surface area contributed by atoms with Crippen molar-refractivity contribution in [1.82, 2.24) is 14.3 Å². The lowest BCUT2D eigenvalue weighted by Crippen LogP contribution is -2.38. The summed E-state index contributed by atoms with van der Waals surface area (Å²) in [7, 11) is 2.23. The van der Waals surface area contributed by atoms with Crippen LogP contribution in [0, 0.1) is 0 Å². The number of pyridine rings is 1. The number of piperidine rings is 1. The van der Waals surface area contributed by atoms with Crippen molar-refractivity contribution in [2.75, 3.05) is 13.6 Å². The van der Waals surface area contributed by atoms with Crippen LogP contribution in [-0.2, 0) is 13.0 Å². The molecular weight excluding hydrogens is 236 g/mol. The lowest BCUT2D eigenvalue weighted by atomic mass is 10.00. The highest BCUT2D eigenvalue weighted by Crippen LogP contribution is 2.20. The maximum atomic E-state index is 5.78. The smallest absolute Gasteiger partial charge is 0.114 e. The SMILES string of the molecule is CN1CCCCC1Cc1ncc2c(CN)cccn12. The van der Waals surface area contributed by atoms with E-state index in [0.29, 0.717) is 12.6 Å². The molecule has 1 fully saturated rings. The van der Waals surface area contributed by atoms with Gasteiger partial charge >= 0.3 is 0 Å². The number of nitrogens with zero attached hydrogens (tertiary/aromatic N) is 3. The minimum atomic E-state index is 0.568. The number of rotatable bonds is 3. The highest BCUT2D eigenvalue weighted by Gasteiger charge is 2.21. The number of imidazole rings is 1. The first-order valence-electron chi connectivity index (χ1n) is 7.13. The number of likely N-dealkylation sites (N-methyl/N-ethyl adjacent to an activating group) is 1. The standard InChI is InChI=1S/C15H22N4/c1-18-7-3-2-6-13(18)9-15-17-11-14-12(10-16)5-4-8-19(14)15/h4-5,8,11,13H,2-3,6-7,9-10,16H2,1H3. The van der Waals surface area contributed by atoms with Crippen molar-refractivity contribution >= 4 is 5.52 Å². The van der Waals surface area contributed by atoms with Crippen molar-refractivity contribution in [3.8, 4) is 0 Å². The number of nitrogens with two attached hydrogens (primary N) is 1. The summed E-state index contributed by atoms with van der Waals surface area (Å²) in [5, 5.41) is 0. The molecule has 1 atom stereocenters. The van der Waals surface area contributed by atoms with Crippen molar-refractivity contribution in [2.45, 2.75) is 38.3 Å². The molecular formula is C15H22N4. The van der Waals surface area contributed by atoms with Gasteiger partial charge in [0.05, 0.1) is 11.7 Å². The molecule has 0 aliphatic carbocycles. The number of hydrogen-bond acceptors (Lipinski definition) is 3. The van der Waals surface area contributed by atoms with E-state index < -0.39 is 0 Å². The molecule has 19 heavy (non-hydrogen) atoms. The van der Waals surface area contributed by atoms with Gasteiger partial charge in [0.2, 0.25) is 0 Å². The van der Waals surface area contributed by atoms with Crippen LogP contribution in [0.3, 0.4) is 0 Å². The number of fused-ring (bicyclic) bond motifs is 1. The quantitative estimate of drug-likeness (QED) is 0.913. The maximum Gasteiger partial charge on any atom is 0.114 e. The van der Waals surface area contributed by atoms with Gasteiger partial charge in [-0.1, -0.05) is 12.5 Å². The highest BCUT2D eigenvalue weighted by atomic mass is 15.1. The lowest BCUT2D eigenvalue weighted by molar-refractivity contribution is 0.182. The van der Waals surface area contributed by atoms with Crippen LogP contribution in [0.2, 0.25) is 0 Å². The van der Waals surface area contributed by atoms with Crippen LogP contribution in [0.1, 0.15) is 30.7 Å². The monoisotopic (exact) mass is 258 g/mol. The average Bonchev–Trinajstić information content (AvgIpc) is 2.84. The molecule has 0 spiro atoms. The zero-order chi connectivity index (χ0) is 13.2. The van der Waals surface area contributed by atoms with Crippen molar-refractivity contribution < 1.29 is 0 Å². The van der Waals surface area contributed by atoms with E-state index in [1.54, 1.807) is 0 Å². The number of aromatic nitrogens is 2. The van der Waals surface area contributed by atoms with Crippen LogP contribution in [0.5, 0.6) is 0 Å². The van der Waals surface area contributed by atoms with E-state index in [1.165, 1.54) is 31.4 Å². The summed E-state index contributed by atoms with van der Waals surface area (Å²) >= 11 is 0. The molecule has 0 amide bonds. The Labute approximate surface area is 114 Å². The van der Waals surface area contributed by atoms with Crippen molar-refractivity contribution in [1.29, 1.82) is 0 Å². The molecule has 4 heteroatoms. The molecule has 102 valence electrons. The Hall–Kier alpha value is -1.39. The molecule has 2 N–H and O–H groups in total. The van der Waals surface area contributed by atoms with Crippen LogP contribution in [-0.4, -0.2) is 33.9 Å². The summed E-state index contributed by atoms with van der Waals surface area (Å²) in [6.45, 7) is 1.78. The predicted molar refractivity (Wildman–Crippen MR) is 77.1 cm³/mol. The van der Waals surface area contributed by atoms with Crippen molar-refractivity contribution in [3.63, 3.8) is 0 Å². The Morgan fingerprint density at radius 2 is 2.32 bits per heavy atom. The van der Waals surface area contributed by atoms with Gasteiger partial charge < -0.3 is 15.0 Å². The van der Waals surface area contributed by atoms with E-state index >= 15 is 0 Å². The molecule has 1 aliphatic rings. The van der Waals surface area contributed by atoms with Gasteiger partial charge in [-0.05, 0) is 38.1 Å². The summed E-state index contributed by atoms with van der Waals surface area (Å²) in [5.41, 5.74) is 8.10. The Kier molecular flexibility index (Phi) is 3.53. The zero-order valence-corrected chi connectivity index (χ0v) is 11.5. The second-order valence-corrected chi connectivity index (χ2v) is 5.50. The van der Waals surface area contributed by atoms with Gasteiger partial charge in [-0.15, -0.1) is 0 Å². The van der Waals surface area contributed by atoms with Crippen LogP contribution in [0.25, 0.3) is 5.52 Å². The molecule has 0 bridgehead atoms. The van der Waals surface area contributed by atoms with Gasteiger partial charge in [0.15, 0.2) is 0 Å². The minimum absolute atomic E-state index is 0.568. The molecule has 0 aromatic carbocycles. The summed E-state index contributed by atoms with van der Waals surface area (Å²) in [4.78, 5) is 7.08. The number of hydrogen-bond donors (Lipinski definition) is 1. The van der Waals surface area contributed by atoms with E-state index in [-0.39, 0.29) is 0 Å². The molecule has 3 heterocycles. The number of likely N-dealkylation sites (tertiary alicyclic amines) is 1. The van der Waals surface area contributed by atoms with Gasteiger partial charge in [-0.25, -0.2) is 4.98 Å². The topological polar surface area (TPSA) is 46.6 Å². The fraction of sp³-hybridized carbons (Fsp3) is 0.533. The largest absolute Gasteiger partial charge is 0.326 e. The zero-order valence-electron chi connectivity index (χ0n) is 11.5. The molecule has 1 aliphatic heterocycles. The van der Waals surface area contributed by atoms with Gasteiger partial charge in [0.1, 0.15) is 5.82 Å². The van der Waals surface area contributed by atoms with Crippen molar-refractivity contribution in [3.05, 3.63) is 35.9 Å². The third kappa shape index (κ3) is 2.38. The third-order valence-electron chi connectivity index (χ3n) is 4.29. The van der Waals surface area contributed by atoms with Gasteiger partial charge in [0, 0.05) is 25.2 Å². The second kappa shape index (κ2) is 5.31. The summed E-state index contributed by atoms with van der Waals surface area (Å²) in [6, 6.07) is 4.76. The van der Waals surface area contributed by atoms with E-state index in [4.69, 9.17) is 5.73 Å². The Bertz CT molecular complexity index is 560. The van der Waals surface area contributed by atoms with Crippen LogP contribution >= 0.6 is 0 Å². The second-order valence-electron chi connectivity index (χ2n) is 5.50. The fourth-order valence-electron chi connectivity index (χ4n) is 3.07. The molecule has 2 aromatic heterocycles. The van der Waals surface area contributed by atoms with E-state index in [0.717, 1.165) is 17.8 Å². The average molecular weight is 258 g/mol. The van der Waals surface area contributed by atoms with E-state index in [9.17, 15) is 0 Å². The van der Waals surface area contributed by atoms with Crippen molar-refractivity contribution in [2.24, 2.45) is 5.73 Å². The first kappa shape index (κ1) is 12.6. The molecule has 4 nitrogen and oxygen atoms in total. The van der Waals surface area contributed by atoms with Crippen LogP contribution in [0.4, 0.5) is 0 Å². The highest BCUT2D eigenvalue weighted by molar-refractivity contribution is 5.54. The third-order valence-corrected chi connectivity index (χ3v) is 4.29. The Morgan fingerprint density at radius 1 is 1.42 bits per heavy atom. The van der Waals surface area contributed by atoms with Gasteiger partial charge in [-0.3, -0.25) is 0 Å². The molecule has 2 aromatic rings. The minimum Gasteiger partial charge on any atom is -0.326 e. The van der Waals surface area contributed by atoms with Gasteiger partial charge in [0.25, 0.3) is 0 Å². The fourth-order valence-corrected chi connectivity index (χ4v) is 3.07.